The molecule has 0 aliphatic carbocycles. The fraction of sp³-hybridized carbons (Fsp3) is 0.368. The van der Waals surface area contributed by atoms with Gasteiger partial charge in [-0.2, -0.15) is 0 Å². The zero-order valence-corrected chi connectivity index (χ0v) is 13.7. The molecule has 0 atom stereocenters. The van der Waals surface area contributed by atoms with Crippen LogP contribution in [0.4, 0.5) is 0 Å². The van der Waals surface area contributed by atoms with Crippen molar-refractivity contribution in [3.63, 3.8) is 0 Å². The molecule has 112 valence electrons. The van der Waals surface area contributed by atoms with Crippen LogP contribution >= 0.6 is 0 Å². The second kappa shape index (κ2) is 6.77. The average molecular weight is 283 g/mol. The molecule has 0 saturated heterocycles. The molecule has 0 bridgehead atoms. The number of methoxy groups -OCH3 is 1. The van der Waals surface area contributed by atoms with E-state index >= 15 is 0 Å². The van der Waals surface area contributed by atoms with E-state index in [0.29, 0.717) is 6.04 Å². The van der Waals surface area contributed by atoms with Gasteiger partial charge in [-0.05, 0) is 53.8 Å². The van der Waals surface area contributed by atoms with Crippen molar-refractivity contribution < 1.29 is 4.74 Å². The van der Waals surface area contributed by atoms with Crippen LogP contribution in [0.25, 0.3) is 11.1 Å². The molecule has 0 saturated carbocycles. The minimum absolute atomic E-state index is 0.461. The van der Waals surface area contributed by atoms with E-state index in [4.69, 9.17) is 4.74 Å². The lowest BCUT2D eigenvalue weighted by Gasteiger charge is -2.16. The maximum atomic E-state index is 5.38. The molecule has 1 N–H and O–H groups in total. The molecule has 0 radical (unpaired) electrons. The summed E-state index contributed by atoms with van der Waals surface area (Å²) in [5, 5.41) is 3.50. The Morgan fingerprint density at radius 1 is 1.05 bits per heavy atom. The van der Waals surface area contributed by atoms with Crippen LogP contribution in [0.3, 0.4) is 0 Å². The van der Waals surface area contributed by atoms with Crippen molar-refractivity contribution in [2.24, 2.45) is 0 Å². The number of aryl methyl sites for hydroxylation is 1. The standard InChI is InChI=1S/C19H25NO/c1-13(2)20-12-16-11-17(21-5)9-10-19(16)18-8-6-7-14(3)15(18)4/h6-11,13,20H,12H2,1-5H3. The van der Waals surface area contributed by atoms with Gasteiger partial charge in [0.05, 0.1) is 7.11 Å². The second-order valence-corrected chi connectivity index (χ2v) is 5.81. The number of benzene rings is 2. The maximum absolute atomic E-state index is 5.38. The Hall–Kier alpha value is -1.80. The molecule has 0 heterocycles. The summed E-state index contributed by atoms with van der Waals surface area (Å²) >= 11 is 0. The van der Waals surface area contributed by atoms with Gasteiger partial charge in [-0.3, -0.25) is 0 Å². The third-order valence-corrected chi connectivity index (χ3v) is 3.91. The first-order valence-corrected chi connectivity index (χ1v) is 7.49. The van der Waals surface area contributed by atoms with Gasteiger partial charge in [0.2, 0.25) is 0 Å². The first-order chi connectivity index (χ1) is 10.0. The van der Waals surface area contributed by atoms with Gasteiger partial charge in [0.15, 0.2) is 0 Å². The first-order valence-electron chi connectivity index (χ1n) is 7.49. The fourth-order valence-corrected chi connectivity index (χ4v) is 2.46. The van der Waals surface area contributed by atoms with E-state index in [1.165, 1.54) is 27.8 Å². The molecule has 0 aliphatic rings. The SMILES string of the molecule is COc1ccc(-c2cccc(C)c2C)c(CNC(C)C)c1. The Kier molecular flexibility index (Phi) is 5.03. The molecule has 0 spiro atoms. The number of hydrogen-bond donors (Lipinski definition) is 1. The molecule has 0 fully saturated rings. The Morgan fingerprint density at radius 3 is 2.48 bits per heavy atom. The van der Waals surface area contributed by atoms with E-state index in [2.05, 4.69) is 63.3 Å². The highest BCUT2D eigenvalue weighted by atomic mass is 16.5. The smallest absolute Gasteiger partial charge is 0.119 e. The van der Waals surface area contributed by atoms with E-state index in [1.807, 2.05) is 6.07 Å². The Labute approximate surface area is 128 Å². The highest BCUT2D eigenvalue weighted by Crippen LogP contribution is 2.31. The Morgan fingerprint density at radius 2 is 1.81 bits per heavy atom. The lowest BCUT2D eigenvalue weighted by atomic mass is 9.93. The van der Waals surface area contributed by atoms with Crippen molar-refractivity contribution in [2.75, 3.05) is 7.11 Å². The largest absolute Gasteiger partial charge is 0.497 e. The molecule has 2 nitrogen and oxygen atoms in total. The van der Waals surface area contributed by atoms with Crippen molar-refractivity contribution in [1.29, 1.82) is 0 Å². The summed E-state index contributed by atoms with van der Waals surface area (Å²) in [6.45, 7) is 9.52. The predicted octanol–water partition coefficient (Wildman–Crippen LogP) is 4.48. The van der Waals surface area contributed by atoms with Gasteiger partial charge in [-0.1, -0.05) is 38.1 Å². The molecule has 0 aliphatic heterocycles. The minimum atomic E-state index is 0.461. The third kappa shape index (κ3) is 3.64. The molecule has 0 unspecified atom stereocenters. The molecule has 2 rings (SSSR count). The fourth-order valence-electron chi connectivity index (χ4n) is 2.46. The number of rotatable bonds is 5. The van der Waals surface area contributed by atoms with Gasteiger partial charge in [0, 0.05) is 12.6 Å². The quantitative estimate of drug-likeness (QED) is 0.873. The lowest BCUT2D eigenvalue weighted by molar-refractivity contribution is 0.414. The van der Waals surface area contributed by atoms with Crippen molar-refractivity contribution in [2.45, 2.75) is 40.3 Å². The van der Waals surface area contributed by atoms with Crippen LogP contribution in [0.15, 0.2) is 36.4 Å². The van der Waals surface area contributed by atoms with Crippen molar-refractivity contribution in [1.82, 2.24) is 5.32 Å². The van der Waals surface area contributed by atoms with Gasteiger partial charge in [0.1, 0.15) is 5.75 Å². The van der Waals surface area contributed by atoms with Crippen LogP contribution in [0.2, 0.25) is 0 Å². The van der Waals surface area contributed by atoms with E-state index < -0.39 is 0 Å². The first kappa shape index (κ1) is 15.6. The lowest BCUT2D eigenvalue weighted by Crippen LogP contribution is -2.22. The van der Waals surface area contributed by atoms with E-state index in [9.17, 15) is 0 Å². The van der Waals surface area contributed by atoms with Crippen LogP contribution in [0, 0.1) is 13.8 Å². The average Bonchev–Trinajstić information content (AvgIpc) is 2.48. The van der Waals surface area contributed by atoms with E-state index in [1.54, 1.807) is 7.11 Å². The van der Waals surface area contributed by atoms with E-state index in [-0.39, 0.29) is 0 Å². The van der Waals surface area contributed by atoms with Crippen LogP contribution in [0.5, 0.6) is 5.75 Å². The summed E-state index contributed by atoms with van der Waals surface area (Å²) in [5.74, 6) is 0.907. The third-order valence-electron chi connectivity index (χ3n) is 3.91. The molecular formula is C19H25NO. The summed E-state index contributed by atoms with van der Waals surface area (Å²) in [6, 6.07) is 13.3. The van der Waals surface area contributed by atoms with E-state index in [0.717, 1.165) is 12.3 Å². The van der Waals surface area contributed by atoms with Gasteiger partial charge < -0.3 is 10.1 Å². The summed E-state index contributed by atoms with van der Waals surface area (Å²) < 4.78 is 5.38. The van der Waals surface area contributed by atoms with Crippen LogP contribution in [-0.2, 0) is 6.54 Å². The monoisotopic (exact) mass is 283 g/mol. The Balaban J connectivity index is 2.48. The molecule has 2 aromatic rings. The normalized spacial score (nSPS) is 11.0. The highest BCUT2D eigenvalue weighted by Gasteiger charge is 2.10. The predicted molar refractivity (Wildman–Crippen MR) is 89.9 cm³/mol. The molecule has 2 aromatic carbocycles. The molecular weight excluding hydrogens is 258 g/mol. The Bertz CT molecular complexity index is 617. The molecule has 0 aromatic heterocycles. The summed E-state index contributed by atoms with van der Waals surface area (Å²) in [4.78, 5) is 0. The molecule has 0 amide bonds. The van der Waals surface area contributed by atoms with Crippen LogP contribution < -0.4 is 10.1 Å². The number of hydrogen-bond acceptors (Lipinski definition) is 2. The van der Waals surface area contributed by atoms with Gasteiger partial charge in [0.25, 0.3) is 0 Å². The summed E-state index contributed by atoms with van der Waals surface area (Å²) in [6.07, 6.45) is 0. The molecule has 21 heavy (non-hydrogen) atoms. The number of ether oxygens (including phenoxy) is 1. The highest BCUT2D eigenvalue weighted by molar-refractivity contribution is 5.72. The molecule has 2 heteroatoms. The summed E-state index contributed by atoms with van der Waals surface area (Å²) in [7, 11) is 1.71. The maximum Gasteiger partial charge on any atom is 0.119 e. The van der Waals surface area contributed by atoms with Gasteiger partial charge >= 0.3 is 0 Å². The zero-order chi connectivity index (χ0) is 15.4. The van der Waals surface area contributed by atoms with Crippen molar-refractivity contribution in [3.05, 3.63) is 53.1 Å². The zero-order valence-electron chi connectivity index (χ0n) is 13.7. The second-order valence-electron chi connectivity index (χ2n) is 5.81. The van der Waals surface area contributed by atoms with Crippen LogP contribution in [-0.4, -0.2) is 13.2 Å². The minimum Gasteiger partial charge on any atom is -0.497 e. The van der Waals surface area contributed by atoms with Crippen molar-refractivity contribution in [3.8, 4) is 16.9 Å². The van der Waals surface area contributed by atoms with Crippen LogP contribution in [0.1, 0.15) is 30.5 Å². The topological polar surface area (TPSA) is 21.3 Å². The summed E-state index contributed by atoms with van der Waals surface area (Å²) in [5.41, 5.74) is 6.53. The van der Waals surface area contributed by atoms with Crippen molar-refractivity contribution >= 4 is 0 Å². The number of nitrogens with one attached hydrogen (secondary N) is 1. The van der Waals surface area contributed by atoms with Gasteiger partial charge in [-0.25, -0.2) is 0 Å². The van der Waals surface area contributed by atoms with Gasteiger partial charge in [-0.15, -0.1) is 0 Å².